The number of ether oxygens (including phenoxy) is 1. The van der Waals surface area contributed by atoms with Gasteiger partial charge in [-0.05, 0) is 33.6 Å². The second-order valence-corrected chi connectivity index (χ2v) is 10.5. The number of Topliss-reactive ketones (excluding diaryl/α,β-unsaturated/α-hetero) is 1. The summed E-state index contributed by atoms with van der Waals surface area (Å²) in [6, 6.07) is 2.29. The molecule has 0 aliphatic rings. The molecule has 0 unspecified atom stereocenters. The number of esters is 1. The van der Waals surface area contributed by atoms with Crippen LogP contribution in [0.2, 0.25) is 0 Å². The number of hydrogen-bond donors (Lipinski definition) is 3. The number of unbranched alkanes of at least 4 members (excludes halogenated alkanes) is 10. The zero-order valence-corrected chi connectivity index (χ0v) is 22.5. The maximum absolute atomic E-state index is 13.0. The van der Waals surface area contributed by atoms with Crippen molar-refractivity contribution in [3.63, 3.8) is 0 Å². The van der Waals surface area contributed by atoms with Crippen LogP contribution >= 0.6 is 0 Å². The number of carbonyl (C=O) groups excluding carboxylic acids is 3. The molecule has 0 radical (unpaired) electrons. The summed E-state index contributed by atoms with van der Waals surface area (Å²) in [5.74, 6) is -3.19. The Bertz CT molecular complexity index is 809. The Morgan fingerprint density at radius 1 is 0.833 bits per heavy atom. The Morgan fingerprint density at radius 3 is 1.78 bits per heavy atom. The minimum absolute atomic E-state index is 0.112. The Hall–Kier alpha value is -2.55. The molecule has 0 fully saturated rings. The van der Waals surface area contributed by atoms with E-state index in [1.54, 1.807) is 20.8 Å². The highest BCUT2D eigenvalue weighted by molar-refractivity contribution is 6.08. The van der Waals surface area contributed by atoms with E-state index in [1.165, 1.54) is 44.9 Å². The summed E-state index contributed by atoms with van der Waals surface area (Å²) in [5, 5.41) is 19.2. The largest absolute Gasteiger partial charge is 0.492 e. The molecule has 1 aromatic heterocycles. The monoisotopic (exact) mass is 510 g/mol. The lowest BCUT2D eigenvalue weighted by Gasteiger charge is -2.30. The number of hydrogen-bond acceptors (Lipinski definition) is 8. The minimum atomic E-state index is -1.99. The van der Waals surface area contributed by atoms with Crippen molar-refractivity contribution in [2.45, 2.75) is 129 Å². The van der Waals surface area contributed by atoms with Crippen molar-refractivity contribution < 1.29 is 34.2 Å². The van der Waals surface area contributed by atoms with Crippen molar-refractivity contribution in [2.24, 2.45) is 5.73 Å². The van der Waals surface area contributed by atoms with Crippen LogP contribution in [0.25, 0.3) is 0 Å². The fraction of sp³-hybridized carbons (Fsp3) is 0.741. The maximum Gasteiger partial charge on any atom is 0.334 e. The third-order valence-electron chi connectivity index (χ3n) is 5.98. The summed E-state index contributed by atoms with van der Waals surface area (Å²) in [7, 11) is 0. The number of aromatic hydroxyl groups is 2. The molecule has 36 heavy (non-hydrogen) atoms. The van der Waals surface area contributed by atoms with Crippen molar-refractivity contribution in [2.75, 3.05) is 0 Å². The Kier molecular flexibility index (Phi) is 13.6. The van der Waals surface area contributed by atoms with Crippen LogP contribution in [0.4, 0.5) is 0 Å². The first-order chi connectivity index (χ1) is 16.9. The number of ketones is 1. The average Bonchev–Trinajstić information content (AvgIpc) is 3.11. The van der Waals surface area contributed by atoms with Crippen molar-refractivity contribution >= 4 is 17.7 Å². The molecule has 0 saturated heterocycles. The van der Waals surface area contributed by atoms with Crippen molar-refractivity contribution in [3.8, 4) is 11.8 Å². The molecule has 0 bridgehead atoms. The molecule has 0 amide bonds. The predicted octanol–water partition coefficient (Wildman–Crippen LogP) is 4.94. The molecule has 1 atom stereocenters. The fourth-order valence-corrected chi connectivity index (χ4v) is 3.84. The van der Waals surface area contributed by atoms with Gasteiger partial charge in [-0.1, -0.05) is 71.1 Å². The Labute approximate surface area is 215 Å². The molecule has 0 spiro atoms. The van der Waals surface area contributed by atoms with E-state index in [4.69, 9.17) is 15.3 Å². The molecule has 0 aliphatic carbocycles. The van der Waals surface area contributed by atoms with Gasteiger partial charge in [0.05, 0.1) is 6.42 Å². The highest BCUT2D eigenvalue weighted by Crippen LogP contribution is 2.23. The minimum Gasteiger partial charge on any atom is -0.492 e. The van der Waals surface area contributed by atoms with Gasteiger partial charge in [-0.25, -0.2) is 9.59 Å². The summed E-state index contributed by atoms with van der Waals surface area (Å²) in [5.41, 5.74) is 3.41. The zero-order chi connectivity index (χ0) is 27.2. The smallest absolute Gasteiger partial charge is 0.334 e. The van der Waals surface area contributed by atoms with Crippen LogP contribution in [0, 0.1) is 0 Å². The zero-order valence-electron chi connectivity index (χ0n) is 22.5. The number of aromatic nitrogens is 1. The van der Waals surface area contributed by atoms with Crippen LogP contribution in [-0.4, -0.2) is 43.8 Å². The van der Waals surface area contributed by atoms with E-state index in [0.29, 0.717) is 11.2 Å². The van der Waals surface area contributed by atoms with E-state index in [-0.39, 0.29) is 12.8 Å². The lowest BCUT2D eigenvalue weighted by Crippen LogP contribution is -2.57. The second-order valence-electron chi connectivity index (χ2n) is 10.5. The van der Waals surface area contributed by atoms with Crippen LogP contribution in [0.1, 0.15) is 118 Å². The summed E-state index contributed by atoms with van der Waals surface area (Å²) < 4.78 is 5.93. The number of carbonyl (C=O) groups is 3. The van der Waals surface area contributed by atoms with Crippen molar-refractivity contribution in [3.05, 3.63) is 12.1 Å². The number of nitrogens with two attached hydrogens (primary N) is 1. The quantitative estimate of drug-likeness (QED) is 0.143. The van der Waals surface area contributed by atoms with Gasteiger partial charge in [0.25, 0.3) is 0 Å². The third kappa shape index (κ3) is 11.5. The topological polar surface area (TPSA) is 141 Å². The fourth-order valence-electron chi connectivity index (χ4n) is 3.84. The van der Waals surface area contributed by atoms with Gasteiger partial charge < -0.3 is 25.5 Å². The number of rotatable bonds is 18. The predicted molar refractivity (Wildman–Crippen MR) is 137 cm³/mol. The molecule has 206 valence electrons. The number of nitrogens with zero attached hydrogens (tertiary/aromatic N) is 1. The highest BCUT2D eigenvalue weighted by Gasteiger charge is 2.44. The molecule has 1 heterocycles. The van der Waals surface area contributed by atoms with Gasteiger partial charge in [0.15, 0.2) is 11.3 Å². The van der Waals surface area contributed by atoms with E-state index in [2.05, 4.69) is 6.92 Å². The van der Waals surface area contributed by atoms with E-state index in [9.17, 15) is 24.6 Å². The van der Waals surface area contributed by atoms with Crippen LogP contribution in [0.15, 0.2) is 12.1 Å². The van der Waals surface area contributed by atoms with Gasteiger partial charge in [-0.2, -0.15) is 0 Å². The normalized spacial score (nSPS) is 13.2. The maximum atomic E-state index is 13.0. The molecule has 9 nitrogen and oxygen atoms in total. The highest BCUT2D eigenvalue weighted by atomic mass is 16.7. The molecule has 4 N–H and O–H groups in total. The average molecular weight is 511 g/mol. The van der Waals surface area contributed by atoms with E-state index in [0.717, 1.165) is 31.4 Å². The molecule has 0 saturated carbocycles. The first-order valence-electron chi connectivity index (χ1n) is 13.3. The van der Waals surface area contributed by atoms with Gasteiger partial charge in [-0.15, -0.1) is 4.73 Å². The third-order valence-corrected chi connectivity index (χ3v) is 5.98. The molecular formula is C27H46N2O7. The first-order valence-corrected chi connectivity index (χ1v) is 13.3. The van der Waals surface area contributed by atoms with Gasteiger partial charge >= 0.3 is 11.9 Å². The molecule has 0 aliphatic heterocycles. The summed E-state index contributed by atoms with van der Waals surface area (Å²) in [6.45, 7) is 7.23. The van der Waals surface area contributed by atoms with Gasteiger partial charge in [0.1, 0.15) is 5.60 Å². The van der Waals surface area contributed by atoms with Crippen LogP contribution < -0.4 is 10.6 Å². The summed E-state index contributed by atoms with van der Waals surface area (Å²) in [4.78, 5) is 43.1. The van der Waals surface area contributed by atoms with Crippen LogP contribution in [0.3, 0.4) is 0 Å². The lowest BCUT2D eigenvalue weighted by molar-refractivity contribution is -0.164. The van der Waals surface area contributed by atoms with Gasteiger partial charge in [0, 0.05) is 18.6 Å². The van der Waals surface area contributed by atoms with Crippen LogP contribution in [-0.2, 0) is 19.1 Å². The van der Waals surface area contributed by atoms with E-state index < -0.39 is 47.0 Å². The molecular weight excluding hydrogens is 464 g/mol. The molecule has 1 aromatic rings. The standard InChI is InChI=1S/C27H46N2O7/c1-5-6-7-8-9-10-11-12-13-14-15-16-21(30)27(28,25(34)35-26(2,3)4)20-19-24(33)36-29-22(31)17-18-23(29)32/h17-18,31-32H,5-16,19-20,28H2,1-4H3/t27-/m1/s1. The Balaban J connectivity index is 2.56. The molecule has 9 heteroatoms. The summed E-state index contributed by atoms with van der Waals surface area (Å²) in [6.07, 6.45) is 11.9. The molecule has 1 rings (SSSR count). The van der Waals surface area contributed by atoms with Crippen molar-refractivity contribution in [1.82, 2.24) is 4.73 Å². The van der Waals surface area contributed by atoms with Gasteiger partial charge in [0.2, 0.25) is 11.8 Å². The SMILES string of the molecule is CCCCCCCCCCCCCC(=O)[C@](N)(CCC(=O)On1c(O)ccc1O)C(=O)OC(C)(C)C. The first kappa shape index (κ1) is 31.5. The van der Waals surface area contributed by atoms with E-state index >= 15 is 0 Å². The Morgan fingerprint density at radius 2 is 1.31 bits per heavy atom. The second kappa shape index (κ2) is 15.5. The summed E-state index contributed by atoms with van der Waals surface area (Å²) >= 11 is 0. The van der Waals surface area contributed by atoms with Crippen LogP contribution in [0.5, 0.6) is 11.8 Å². The van der Waals surface area contributed by atoms with E-state index in [1.807, 2.05) is 0 Å². The lowest BCUT2D eigenvalue weighted by atomic mass is 9.86. The van der Waals surface area contributed by atoms with Gasteiger partial charge in [-0.3, -0.25) is 4.79 Å². The van der Waals surface area contributed by atoms with Crippen molar-refractivity contribution in [1.29, 1.82) is 0 Å². The molecule has 0 aromatic carbocycles.